The summed E-state index contributed by atoms with van der Waals surface area (Å²) >= 11 is 0. The standard InChI is InChI=1S/C28H47N3O4/c1-10-12-17-31(26(33)23(18-19(3)4)30-27(34)35-28(7,8)9)24(25(32)29-20(5)6)22-15-13-21(11-2)14-16-22/h13-16,19-20,23-24H,10-12,17-18H2,1-9H3,(H,29,32)(H,30,34). The van der Waals surface area contributed by atoms with Crippen molar-refractivity contribution >= 4 is 17.9 Å². The Hall–Kier alpha value is -2.57. The Morgan fingerprint density at radius 1 is 0.971 bits per heavy atom. The molecule has 0 aromatic heterocycles. The summed E-state index contributed by atoms with van der Waals surface area (Å²) in [5, 5.41) is 5.77. The molecule has 0 fully saturated rings. The molecule has 0 bridgehead atoms. The van der Waals surface area contributed by atoms with Gasteiger partial charge in [-0.25, -0.2) is 4.79 Å². The fourth-order valence-corrected chi connectivity index (χ4v) is 3.81. The zero-order valence-electron chi connectivity index (χ0n) is 23.2. The predicted molar refractivity (Wildman–Crippen MR) is 141 cm³/mol. The van der Waals surface area contributed by atoms with Crippen LogP contribution in [0, 0.1) is 5.92 Å². The molecule has 0 aliphatic rings. The number of ether oxygens (including phenoxy) is 1. The molecule has 2 atom stereocenters. The van der Waals surface area contributed by atoms with Crippen LogP contribution in [-0.4, -0.2) is 47.0 Å². The second kappa shape index (κ2) is 14.1. The van der Waals surface area contributed by atoms with Gasteiger partial charge >= 0.3 is 6.09 Å². The van der Waals surface area contributed by atoms with Gasteiger partial charge in [0.2, 0.25) is 11.8 Å². The number of aryl methyl sites for hydroxylation is 1. The van der Waals surface area contributed by atoms with E-state index < -0.39 is 23.8 Å². The molecular formula is C28H47N3O4. The summed E-state index contributed by atoms with van der Waals surface area (Å²) in [6, 6.07) is 6.18. The van der Waals surface area contributed by atoms with Crippen LogP contribution in [0.5, 0.6) is 0 Å². The first-order chi connectivity index (χ1) is 16.3. The molecule has 35 heavy (non-hydrogen) atoms. The van der Waals surface area contributed by atoms with Crippen molar-refractivity contribution in [3.8, 4) is 0 Å². The maximum Gasteiger partial charge on any atom is 0.408 e. The number of carbonyl (C=O) groups excluding carboxylic acids is 3. The third-order valence-corrected chi connectivity index (χ3v) is 5.43. The van der Waals surface area contributed by atoms with Crippen molar-refractivity contribution in [1.82, 2.24) is 15.5 Å². The summed E-state index contributed by atoms with van der Waals surface area (Å²) in [5.74, 6) is -0.352. The number of hydrogen-bond acceptors (Lipinski definition) is 4. The van der Waals surface area contributed by atoms with E-state index in [2.05, 4.69) is 17.6 Å². The zero-order chi connectivity index (χ0) is 26.8. The number of hydrogen-bond donors (Lipinski definition) is 2. The summed E-state index contributed by atoms with van der Waals surface area (Å²) in [7, 11) is 0. The van der Waals surface area contributed by atoms with Crippen LogP contribution in [0.3, 0.4) is 0 Å². The minimum absolute atomic E-state index is 0.0746. The van der Waals surface area contributed by atoms with Gasteiger partial charge in [0.05, 0.1) is 0 Å². The van der Waals surface area contributed by atoms with Crippen molar-refractivity contribution in [2.45, 2.75) is 112 Å². The van der Waals surface area contributed by atoms with Gasteiger partial charge in [-0.2, -0.15) is 0 Å². The Labute approximate surface area is 212 Å². The van der Waals surface area contributed by atoms with E-state index in [4.69, 9.17) is 4.74 Å². The monoisotopic (exact) mass is 489 g/mol. The summed E-state index contributed by atoms with van der Waals surface area (Å²) in [5.41, 5.74) is 1.23. The molecule has 2 unspecified atom stereocenters. The second-order valence-corrected chi connectivity index (χ2v) is 10.9. The number of rotatable bonds is 12. The van der Waals surface area contributed by atoms with Crippen molar-refractivity contribution in [3.63, 3.8) is 0 Å². The van der Waals surface area contributed by atoms with E-state index in [0.717, 1.165) is 30.4 Å². The van der Waals surface area contributed by atoms with E-state index in [-0.39, 0.29) is 23.8 Å². The molecule has 2 N–H and O–H groups in total. The third kappa shape index (κ3) is 10.7. The van der Waals surface area contributed by atoms with Crippen LogP contribution >= 0.6 is 0 Å². The van der Waals surface area contributed by atoms with Crippen LogP contribution < -0.4 is 10.6 Å². The maximum atomic E-state index is 14.0. The summed E-state index contributed by atoms with van der Waals surface area (Å²) in [4.78, 5) is 41.7. The first-order valence-electron chi connectivity index (χ1n) is 13.0. The molecule has 3 amide bonds. The van der Waals surface area contributed by atoms with Gasteiger partial charge in [0, 0.05) is 12.6 Å². The average Bonchev–Trinajstić information content (AvgIpc) is 2.73. The topological polar surface area (TPSA) is 87.7 Å². The Kier molecular flexibility index (Phi) is 12.3. The number of alkyl carbamates (subject to hydrolysis) is 1. The SMILES string of the molecule is CCCCN(C(=O)C(CC(C)C)NC(=O)OC(C)(C)C)C(C(=O)NC(C)C)c1ccc(CC)cc1. The summed E-state index contributed by atoms with van der Waals surface area (Å²) in [6.45, 7) is 17.7. The van der Waals surface area contributed by atoms with Crippen LogP contribution in [0.4, 0.5) is 4.79 Å². The summed E-state index contributed by atoms with van der Waals surface area (Å²) in [6.07, 6.45) is 2.30. The van der Waals surface area contributed by atoms with Gasteiger partial charge < -0.3 is 20.3 Å². The van der Waals surface area contributed by atoms with Crippen LogP contribution in [0.15, 0.2) is 24.3 Å². The number of nitrogens with one attached hydrogen (secondary N) is 2. The fourth-order valence-electron chi connectivity index (χ4n) is 3.81. The van der Waals surface area contributed by atoms with Gasteiger partial charge in [-0.3, -0.25) is 9.59 Å². The smallest absolute Gasteiger partial charge is 0.408 e. The molecule has 0 saturated heterocycles. The highest BCUT2D eigenvalue weighted by molar-refractivity contribution is 5.92. The lowest BCUT2D eigenvalue weighted by Crippen LogP contribution is -2.54. The molecule has 7 nitrogen and oxygen atoms in total. The lowest BCUT2D eigenvalue weighted by Gasteiger charge is -2.35. The minimum Gasteiger partial charge on any atom is -0.444 e. The Morgan fingerprint density at radius 2 is 1.57 bits per heavy atom. The number of amides is 3. The van der Waals surface area contributed by atoms with E-state index in [0.29, 0.717) is 13.0 Å². The normalized spacial score (nSPS) is 13.3. The molecule has 0 saturated carbocycles. The third-order valence-electron chi connectivity index (χ3n) is 5.43. The highest BCUT2D eigenvalue weighted by Gasteiger charge is 2.36. The van der Waals surface area contributed by atoms with Gasteiger partial charge in [-0.05, 0) is 70.9 Å². The number of unbranched alkanes of at least 4 members (excludes halogenated alkanes) is 1. The number of benzene rings is 1. The van der Waals surface area contributed by atoms with Crippen LogP contribution in [0.2, 0.25) is 0 Å². The van der Waals surface area contributed by atoms with E-state index in [1.54, 1.807) is 25.7 Å². The molecule has 198 valence electrons. The highest BCUT2D eigenvalue weighted by Crippen LogP contribution is 2.25. The molecule has 0 heterocycles. The molecule has 1 aromatic carbocycles. The van der Waals surface area contributed by atoms with Crippen LogP contribution in [0.1, 0.15) is 98.7 Å². The molecule has 0 aliphatic carbocycles. The maximum absolute atomic E-state index is 14.0. The van der Waals surface area contributed by atoms with E-state index in [9.17, 15) is 14.4 Å². The van der Waals surface area contributed by atoms with Gasteiger partial charge in [0.1, 0.15) is 17.7 Å². The average molecular weight is 490 g/mol. The first kappa shape index (κ1) is 30.5. The number of carbonyl (C=O) groups is 3. The van der Waals surface area contributed by atoms with Gasteiger partial charge in [0.15, 0.2) is 0 Å². The fraction of sp³-hybridized carbons (Fsp3) is 0.679. The van der Waals surface area contributed by atoms with E-state index >= 15 is 0 Å². The Morgan fingerprint density at radius 3 is 2.03 bits per heavy atom. The van der Waals surface area contributed by atoms with Crippen LogP contribution in [-0.2, 0) is 20.7 Å². The molecule has 1 rings (SSSR count). The molecule has 0 radical (unpaired) electrons. The van der Waals surface area contributed by atoms with Crippen molar-refractivity contribution in [2.75, 3.05) is 6.54 Å². The highest BCUT2D eigenvalue weighted by atomic mass is 16.6. The second-order valence-electron chi connectivity index (χ2n) is 10.9. The largest absolute Gasteiger partial charge is 0.444 e. The van der Waals surface area contributed by atoms with Gasteiger partial charge in [-0.15, -0.1) is 0 Å². The van der Waals surface area contributed by atoms with E-state index in [1.165, 1.54) is 0 Å². The first-order valence-corrected chi connectivity index (χ1v) is 13.0. The Balaban J connectivity index is 3.45. The van der Waals surface area contributed by atoms with Crippen molar-refractivity contribution in [3.05, 3.63) is 35.4 Å². The van der Waals surface area contributed by atoms with Crippen molar-refractivity contribution in [1.29, 1.82) is 0 Å². The molecule has 0 spiro atoms. The lowest BCUT2D eigenvalue weighted by molar-refractivity contribution is -0.143. The minimum atomic E-state index is -0.800. The summed E-state index contributed by atoms with van der Waals surface area (Å²) < 4.78 is 5.43. The van der Waals surface area contributed by atoms with Crippen molar-refractivity contribution < 1.29 is 19.1 Å². The van der Waals surface area contributed by atoms with E-state index in [1.807, 2.05) is 58.9 Å². The predicted octanol–water partition coefficient (Wildman–Crippen LogP) is 5.38. The van der Waals surface area contributed by atoms with Gasteiger partial charge in [0.25, 0.3) is 0 Å². The molecule has 1 aromatic rings. The molecule has 0 aliphatic heterocycles. The molecular weight excluding hydrogens is 442 g/mol. The quantitative estimate of drug-likeness (QED) is 0.412. The number of nitrogens with zero attached hydrogens (tertiary/aromatic N) is 1. The lowest BCUT2D eigenvalue weighted by atomic mass is 9.97. The van der Waals surface area contributed by atoms with Gasteiger partial charge in [-0.1, -0.05) is 58.4 Å². The van der Waals surface area contributed by atoms with Crippen molar-refractivity contribution in [2.24, 2.45) is 5.92 Å². The molecule has 7 heteroatoms. The Bertz CT molecular complexity index is 812. The van der Waals surface area contributed by atoms with Crippen LogP contribution in [0.25, 0.3) is 0 Å². The zero-order valence-corrected chi connectivity index (χ0v) is 23.2.